The second kappa shape index (κ2) is 33.9. The van der Waals surface area contributed by atoms with Crippen molar-refractivity contribution in [2.24, 2.45) is 0 Å². The number of nitrogens with zero attached hydrogens (tertiary/aromatic N) is 9. The van der Waals surface area contributed by atoms with E-state index in [1.807, 2.05) is 54.7 Å². The van der Waals surface area contributed by atoms with Crippen LogP contribution in [0.3, 0.4) is 0 Å². The predicted molar refractivity (Wildman–Crippen MR) is 319 cm³/mol. The van der Waals surface area contributed by atoms with Gasteiger partial charge in [-0.25, -0.2) is 19.4 Å². The van der Waals surface area contributed by atoms with Crippen molar-refractivity contribution in [3.8, 4) is 11.5 Å². The standard InChI is InChI=1S/C59H80N12O9S2/c1-6-10-45(7-2)40-60-57(74)56(53-43-81-44(3)61-53)71(50-16-17-50)54(72)22-13-46-11-18-51(19-12-46)79-31-9-8-24-67(4)29-33-77-36-35-76-32-23-48-41-70(66-65-48)30-34-78-37-38-80-52-20-14-47(15-21-52)62-58(75)64-59-63-49(42-82-59)39-55(73)69-27-25-68(5)26-28-69/h6-7,10-12,14-15,18-21,41-43,50,56H,1-2,8-9,13,16-17,22-40H2,3-5H3,(H,60,74)(H2,62,63,64,75)/b45-10+. The molecule has 21 nitrogen and oxygen atoms in total. The lowest BCUT2D eigenvalue weighted by atomic mass is 10.1. The number of rotatable bonds is 37. The van der Waals surface area contributed by atoms with Crippen molar-refractivity contribution in [1.82, 2.24) is 49.9 Å². The molecular weight excluding hydrogens is 1080 g/mol. The Hall–Kier alpha value is -6.86. The molecule has 0 spiro atoms. The number of nitrogens with one attached hydrogen (secondary N) is 3. The summed E-state index contributed by atoms with van der Waals surface area (Å²) < 4.78 is 30.9. The van der Waals surface area contributed by atoms with Crippen molar-refractivity contribution in [2.45, 2.75) is 76.9 Å². The van der Waals surface area contributed by atoms with Gasteiger partial charge >= 0.3 is 6.03 Å². The minimum Gasteiger partial charge on any atom is -0.494 e. The van der Waals surface area contributed by atoms with E-state index in [0.29, 0.717) is 113 Å². The molecule has 2 aromatic carbocycles. The molecule has 1 saturated carbocycles. The van der Waals surface area contributed by atoms with E-state index >= 15 is 0 Å². The summed E-state index contributed by atoms with van der Waals surface area (Å²) in [5.74, 6) is 1.18. The fraction of sp³-hybridized carbons (Fsp3) is 0.492. The van der Waals surface area contributed by atoms with E-state index in [9.17, 15) is 19.2 Å². The van der Waals surface area contributed by atoms with E-state index in [1.165, 1.54) is 22.7 Å². The smallest absolute Gasteiger partial charge is 0.325 e. The highest BCUT2D eigenvalue weighted by atomic mass is 32.1. The molecule has 0 radical (unpaired) electrons. The maximum absolute atomic E-state index is 13.8. The highest BCUT2D eigenvalue weighted by Crippen LogP contribution is 2.36. The molecule has 2 fully saturated rings. The van der Waals surface area contributed by atoms with Crippen molar-refractivity contribution in [3.63, 3.8) is 0 Å². The number of amides is 5. The molecule has 5 amide bonds. The second-order valence-corrected chi connectivity index (χ2v) is 22.1. The lowest BCUT2D eigenvalue weighted by Crippen LogP contribution is -2.47. The molecule has 82 heavy (non-hydrogen) atoms. The molecule has 5 aromatic rings. The van der Waals surface area contributed by atoms with E-state index in [4.69, 9.17) is 23.7 Å². The number of aryl methyl sites for hydroxylation is 2. The topological polar surface area (TPSA) is 220 Å². The maximum atomic E-state index is 13.8. The molecule has 1 saturated heterocycles. The van der Waals surface area contributed by atoms with Crippen LogP contribution in [0, 0.1) is 6.92 Å². The van der Waals surface area contributed by atoms with Gasteiger partial charge in [0.2, 0.25) is 17.7 Å². The molecule has 23 heteroatoms. The van der Waals surface area contributed by atoms with Gasteiger partial charge in [0.05, 0.1) is 81.3 Å². The number of likely N-dealkylation sites (N-methyl/N-ethyl adjacent to an activating group) is 2. The number of anilines is 2. The lowest BCUT2D eigenvalue weighted by Gasteiger charge is -2.32. The van der Waals surface area contributed by atoms with E-state index in [1.54, 1.807) is 57.5 Å². The molecule has 2 aliphatic rings. The van der Waals surface area contributed by atoms with Gasteiger partial charge in [0, 0.05) is 80.8 Å². The third-order valence-corrected chi connectivity index (χ3v) is 15.2. The zero-order chi connectivity index (χ0) is 57.9. The van der Waals surface area contributed by atoms with Gasteiger partial charge in [0.25, 0.3) is 0 Å². The van der Waals surface area contributed by atoms with Gasteiger partial charge in [0.15, 0.2) is 11.2 Å². The van der Waals surface area contributed by atoms with Crippen LogP contribution in [0.5, 0.6) is 11.5 Å². The Bertz CT molecular complexity index is 2810. The van der Waals surface area contributed by atoms with Gasteiger partial charge in [-0.3, -0.25) is 19.7 Å². The quantitative estimate of drug-likeness (QED) is 0.0269. The first-order chi connectivity index (χ1) is 39.9. The summed E-state index contributed by atoms with van der Waals surface area (Å²) in [6, 6.07) is 13.8. The Morgan fingerprint density at radius 3 is 2.23 bits per heavy atom. The van der Waals surface area contributed by atoms with Crippen molar-refractivity contribution < 1.29 is 42.9 Å². The number of allylic oxidation sites excluding steroid dienone is 2. The Morgan fingerprint density at radius 2 is 1.51 bits per heavy atom. The summed E-state index contributed by atoms with van der Waals surface area (Å²) in [7, 11) is 4.14. The van der Waals surface area contributed by atoms with Crippen LogP contribution in [0.25, 0.3) is 0 Å². The maximum Gasteiger partial charge on any atom is 0.325 e. The van der Waals surface area contributed by atoms with Crippen molar-refractivity contribution >= 4 is 57.2 Å². The van der Waals surface area contributed by atoms with E-state index in [-0.39, 0.29) is 43.1 Å². The first-order valence-corrected chi connectivity index (χ1v) is 29.9. The van der Waals surface area contributed by atoms with Crippen LogP contribution in [0.4, 0.5) is 15.6 Å². The Kier molecular flexibility index (Phi) is 25.9. The number of unbranched alkanes of at least 4 members (excludes halogenated alkanes) is 1. The van der Waals surface area contributed by atoms with E-state index < -0.39 is 12.1 Å². The minimum absolute atomic E-state index is 0.0169. The zero-order valence-electron chi connectivity index (χ0n) is 47.6. The van der Waals surface area contributed by atoms with Crippen LogP contribution in [-0.4, -0.2) is 187 Å². The Balaban J connectivity index is 0.655. The van der Waals surface area contributed by atoms with Crippen LogP contribution in [0.2, 0.25) is 0 Å². The molecule has 442 valence electrons. The van der Waals surface area contributed by atoms with Gasteiger partial charge in [-0.05, 0) is 107 Å². The number of aromatic nitrogens is 5. The van der Waals surface area contributed by atoms with Gasteiger partial charge < -0.3 is 53.9 Å². The monoisotopic (exact) mass is 1160 g/mol. The van der Waals surface area contributed by atoms with Gasteiger partial charge in [-0.1, -0.05) is 48.7 Å². The first kappa shape index (κ1) is 62.7. The first-order valence-electron chi connectivity index (χ1n) is 28.1. The predicted octanol–water partition coefficient (Wildman–Crippen LogP) is 7.00. The molecule has 3 N–H and O–H groups in total. The Labute approximate surface area is 489 Å². The highest BCUT2D eigenvalue weighted by molar-refractivity contribution is 7.14. The van der Waals surface area contributed by atoms with E-state index in [0.717, 1.165) is 79.4 Å². The zero-order valence-corrected chi connectivity index (χ0v) is 49.3. The minimum atomic E-state index is -0.796. The highest BCUT2D eigenvalue weighted by Gasteiger charge is 2.42. The number of carbonyl (C=O) groups excluding carboxylic acids is 4. The number of hydrogen-bond donors (Lipinski definition) is 3. The summed E-state index contributed by atoms with van der Waals surface area (Å²) >= 11 is 2.76. The Morgan fingerprint density at radius 1 is 0.793 bits per heavy atom. The largest absolute Gasteiger partial charge is 0.494 e. The van der Waals surface area contributed by atoms with Gasteiger partial charge in [-0.15, -0.1) is 27.8 Å². The molecule has 0 bridgehead atoms. The molecular formula is C59H80N12O9S2. The number of hydrogen-bond acceptors (Lipinski definition) is 17. The molecule has 1 aliphatic carbocycles. The molecule has 1 aliphatic heterocycles. The third-order valence-electron chi connectivity index (χ3n) is 13.6. The third kappa shape index (κ3) is 21.8. The number of ether oxygens (including phenoxy) is 5. The second-order valence-electron chi connectivity index (χ2n) is 20.1. The summed E-state index contributed by atoms with van der Waals surface area (Å²) in [5, 5.41) is 21.9. The van der Waals surface area contributed by atoms with Crippen molar-refractivity contribution in [2.75, 3.05) is 123 Å². The van der Waals surface area contributed by atoms with Crippen molar-refractivity contribution in [3.05, 3.63) is 130 Å². The molecule has 3 aromatic heterocycles. The van der Waals surface area contributed by atoms with Crippen LogP contribution >= 0.6 is 22.7 Å². The fourth-order valence-corrected chi connectivity index (χ4v) is 10.1. The molecule has 7 rings (SSSR count). The normalized spacial score (nSPS) is 14.1. The number of carbonyl (C=O) groups is 4. The SMILES string of the molecule is C=C/C=C(\C=C)CNC(=O)C(c1csc(C)n1)N(C(=O)CCc1ccc(OCCCCN(C)CCOCCOCCc2cn(CCOCCOc3ccc(NC(=O)Nc4nc(CC(=O)N5CCN(C)CC5)cs4)cc3)nn2)cc1)C1CC1. The van der Waals surface area contributed by atoms with Crippen LogP contribution in [0.15, 0.2) is 102 Å². The molecule has 1 unspecified atom stereocenters. The molecule has 1 atom stereocenters. The number of piperazine rings is 1. The molecule has 4 heterocycles. The van der Waals surface area contributed by atoms with Crippen LogP contribution in [-0.2, 0) is 54.4 Å². The number of urea groups is 1. The van der Waals surface area contributed by atoms with Crippen LogP contribution < -0.4 is 25.4 Å². The summed E-state index contributed by atoms with van der Waals surface area (Å²) in [6.45, 7) is 19.2. The average molecular weight is 1170 g/mol. The average Bonchev–Trinajstić information content (AvgIpc) is 4.02. The summed E-state index contributed by atoms with van der Waals surface area (Å²) in [6.07, 6.45) is 12.4. The van der Waals surface area contributed by atoms with Gasteiger partial charge in [-0.2, -0.15) is 0 Å². The van der Waals surface area contributed by atoms with Crippen molar-refractivity contribution in [1.29, 1.82) is 0 Å². The number of benzene rings is 2. The summed E-state index contributed by atoms with van der Waals surface area (Å²) in [5.41, 5.74) is 4.53. The van der Waals surface area contributed by atoms with E-state index in [2.05, 4.69) is 66.2 Å². The number of thiazole rings is 2. The van der Waals surface area contributed by atoms with Crippen LogP contribution in [0.1, 0.15) is 65.8 Å². The lowest BCUT2D eigenvalue weighted by molar-refractivity contribution is -0.141. The fourth-order valence-electron chi connectivity index (χ4n) is 8.80. The van der Waals surface area contributed by atoms with Gasteiger partial charge in [0.1, 0.15) is 18.1 Å². The summed E-state index contributed by atoms with van der Waals surface area (Å²) in [4.78, 5) is 69.9.